The molecular formula is C8H15NO4. The Hall–Kier alpha value is -0.810. The molecule has 1 fully saturated rings. The molecule has 0 radical (unpaired) electrons. The van der Waals surface area contributed by atoms with Crippen molar-refractivity contribution in [1.82, 2.24) is 5.32 Å². The Morgan fingerprint density at radius 3 is 2.85 bits per heavy atom. The van der Waals surface area contributed by atoms with E-state index >= 15 is 0 Å². The van der Waals surface area contributed by atoms with Gasteiger partial charge in [0.2, 0.25) is 0 Å². The van der Waals surface area contributed by atoms with Crippen LogP contribution in [0.3, 0.4) is 0 Å². The van der Waals surface area contributed by atoms with Gasteiger partial charge in [-0.2, -0.15) is 0 Å². The van der Waals surface area contributed by atoms with Crippen LogP contribution < -0.4 is 5.32 Å². The van der Waals surface area contributed by atoms with Gasteiger partial charge in [-0.1, -0.05) is 0 Å². The number of amides is 1. The first kappa shape index (κ1) is 10.3. The maximum Gasteiger partial charge on any atom is 0.407 e. The molecule has 0 heterocycles. The molecule has 1 rings (SSSR count). The third-order valence-electron chi connectivity index (χ3n) is 1.92. The Labute approximate surface area is 77.0 Å². The zero-order valence-electron chi connectivity index (χ0n) is 7.66. The Morgan fingerprint density at radius 1 is 1.62 bits per heavy atom. The lowest BCUT2D eigenvalue weighted by molar-refractivity contribution is -0.0350. The van der Waals surface area contributed by atoms with Crippen LogP contribution >= 0.6 is 0 Å². The molecule has 0 unspecified atom stereocenters. The summed E-state index contributed by atoms with van der Waals surface area (Å²) in [4.78, 5) is 11.0. The largest absolute Gasteiger partial charge is 0.446 e. The van der Waals surface area contributed by atoms with Gasteiger partial charge in [-0.25, -0.2) is 4.79 Å². The second-order valence-corrected chi connectivity index (χ2v) is 3.07. The summed E-state index contributed by atoms with van der Waals surface area (Å²) < 4.78 is 9.68. The van der Waals surface area contributed by atoms with Crippen molar-refractivity contribution in [1.29, 1.82) is 0 Å². The minimum absolute atomic E-state index is 0.113. The standard InChI is InChI=1S/C8H15NO4/c1-12-3-2-9-8(11)13-7-4-6(10)5-7/h6-7,10H,2-5H2,1H3,(H,9,11). The highest BCUT2D eigenvalue weighted by molar-refractivity contribution is 5.67. The summed E-state index contributed by atoms with van der Waals surface area (Å²) in [5.41, 5.74) is 0. The number of aliphatic hydroxyl groups excluding tert-OH is 1. The third kappa shape index (κ3) is 3.61. The van der Waals surface area contributed by atoms with Crippen LogP contribution in [0.25, 0.3) is 0 Å². The van der Waals surface area contributed by atoms with Gasteiger partial charge in [0.05, 0.1) is 12.7 Å². The Bertz CT molecular complexity index is 168. The Morgan fingerprint density at radius 2 is 2.31 bits per heavy atom. The van der Waals surface area contributed by atoms with Gasteiger partial charge < -0.3 is 19.9 Å². The van der Waals surface area contributed by atoms with E-state index in [0.717, 1.165) is 0 Å². The molecule has 0 aromatic heterocycles. The number of rotatable bonds is 4. The van der Waals surface area contributed by atoms with Crippen molar-refractivity contribution in [2.75, 3.05) is 20.3 Å². The fourth-order valence-corrected chi connectivity index (χ4v) is 1.08. The summed E-state index contributed by atoms with van der Waals surface area (Å²) in [5, 5.41) is 11.4. The summed E-state index contributed by atoms with van der Waals surface area (Å²) in [6, 6.07) is 0. The molecule has 0 atom stereocenters. The van der Waals surface area contributed by atoms with E-state index in [1.165, 1.54) is 0 Å². The van der Waals surface area contributed by atoms with Crippen LogP contribution in [0.2, 0.25) is 0 Å². The molecule has 1 amide bonds. The fourth-order valence-electron chi connectivity index (χ4n) is 1.08. The van der Waals surface area contributed by atoms with E-state index in [0.29, 0.717) is 26.0 Å². The highest BCUT2D eigenvalue weighted by Crippen LogP contribution is 2.22. The lowest BCUT2D eigenvalue weighted by Gasteiger charge is -2.30. The van der Waals surface area contributed by atoms with Gasteiger partial charge in [0, 0.05) is 26.5 Å². The quantitative estimate of drug-likeness (QED) is 0.605. The lowest BCUT2D eigenvalue weighted by Crippen LogP contribution is -2.40. The predicted octanol–water partition coefficient (Wildman–Crippen LogP) is -0.118. The summed E-state index contributed by atoms with van der Waals surface area (Å²) in [5.74, 6) is 0. The van der Waals surface area contributed by atoms with Gasteiger partial charge in [0.25, 0.3) is 0 Å². The smallest absolute Gasteiger partial charge is 0.407 e. The summed E-state index contributed by atoms with van der Waals surface area (Å²) >= 11 is 0. The van der Waals surface area contributed by atoms with Gasteiger partial charge >= 0.3 is 6.09 Å². The van der Waals surface area contributed by atoms with Crippen LogP contribution in [0.15, 0.2) is 0 Å². The molecule has 76 valence electrons. The number of aliphatic hydroxyl groups is 1. The maximum atomic E-state index is 11.0. The average Bonchev–Trinajstić information content (AvgIpc) is 2.02. The summed E-state index contributed by atoms with van der Waals surface area (Å²) in [6.07, 6.45) is 0.262. The third-order valence-corrected chi connectivity index (χ3v) is 1.92. The van der Waals surface area contributed by atoms with Crippen molar-refractivity contribution in [3.63, 3.8) is 0 Å². The van der Waals surface area contributed by atoms with E-state index in [4.69, 9.17) is 14.6 Å². The first-order valence-electron chi connectivity index (χ1n) is 4.34. The van der Waals surface area contributed by atoms with Crippen LogP contribution in [0.1, 0.15) is 12.8 Å². The number of alkyl carbamates (subject to hydrolysis) is 1. The topological polar surface area (TPSA) is 67.8 Å². The first-order valence-corrected chi connectivity index (χ1v) is 4.34. The van der Waals surface area contributed by atoms with E-state index in [9.17, 15) is 4.79 Å². The van der Waals surface area contributed by atoms with Crippen molar-refractivity contribution in [3.8, 4) is 0 Å². The highest BCUT2D eigenvalue weighted by atomic mass is 16.6. The van der Waals surface area contributed by atoms with Crippen molar-refractivity contribution in [3.05, 3.63) is 0 Å². The zero-order valence-corrected chi connectivity index (χ0v) is 7.66. The van der Waals surface area contributed by atoms with Crippen molar-refractivity contribution in [2.24, 2.45) is 0 Å². The lowest BCUT2D eigenvalue weighted by atomic mass is 9.92. The first-order chi connectivity index (χ1) is 6.22. The van der Waals surface area contributed by atoms with Gasteiger partial charge in [-0.05, 0) is 0 Å². The molecule has 0 spiro atoms. The predicted molar refractivity (Wildman–Crippen MR) is 45.4 cm³/mol. The highest BCUT2D eigenvalue weighted by Gasteiger charge is 2.30. The normalized spacial score (nSPS) is 26.3. The fraction of sp³-hybridized carbons (Fsp3) is 0.875. The molecule has 0 aromatic carbocycles. The van der Waals surface area contributed by atoms with Gasteiger partial charge in [-0.15, -0.1) is 0 Å². The molecule has 0 aliphatic heterocycles. The van der Waals surface area contributed by atoms with E-state index in [1.54, 1.807) is 7.11 Å². The van der Waals surface area contributed by atoms with Crippen LogP contribution in [-0.2, 0) is 9.47 Å². The molecule has 2 N–H and O–H groups in total. The molecule has 1 aliphatic carbocycles. The number of ether oxygens (including phenoxy) is 2. The Kier molecular flexibility index (Phi) is 3.98. The van der Waals surface area contributed by atoms with E-state index < -0.39 is 6.09 Å². The maximum absolute atomic E-state index is 11.0. The molecule has 0 bridgehead atoms. The van der Waals surface area contributed by atoms with E-state index in [1.807, 2.05) is 0 Å². The monoisotopic (exact) mass is 189 g/mol. The molecule has 0 aromatic rings. The second kappa shape index (κ2) is 5.04. The number of carbonyl (C=O) groups excluding carboxylic acids is 1. The number of hydrogen-bond donors (Lipinski definition) is 2. The number of nitrogens with one attached hydrogen (secondary N) is 1. The summed E-state index contributed by atoms with van der Waals surface area (Å²) in [7, 11) is 1.56. The van der Waals surface area contributed by atoms with Gasteiger partial charge in [-0.3, -0.25) is 0 Å². The van der Waals surface area contributed by atoms with Crippen molar-refractivity contribution < 1.29 is 19.4 Å². The Balaban J connectivity index is 1.98. The number of methoxy groups -OCH3 is 1. The van der Waals surface area contributed by atoms with Crippen molar-refractivity contribution >= 4 is 6.09 Å². The van der Waals surface area contributed by atoms with Crippen LogP contribution in [-0.4, -0.2) is 43.7 Å². The molecule has 1 saturated carbocycles. The molecule has 5 heteroatoms. The van der Waals surface area contributed by atoms with Crippen LogP contribution in [0.4, 0.5) is 4.79 Å². The zero-order chi connectivity index (χ0) is 9.68. The molecule has 1 aliphatic rings. The van der Waals surface area contributed by atoms with Crippen molar-refractivity contribution in [2.45, 2.75) is 25.0 Å². The molecular weight excluding hydrogens is 174 g/mol. The second-order valence-electron chi connectivity index (χ2n) is 3.07. The minimum Gasteiger partial charge on any atom is -0.446 e. The average molecular weight is 189 g/mol. The van der Waals surface area contributed by atoms with Crippen LogP contribution in [0, 0.1) is 0 Å². The molecule has 5 nitrogen and oxygen atoms in total. The van der Waals surface area contributed by atoms with Gasteiger partial charge in [0.15, 0.2) is 0 Å². The molecule has 0 saturated heterocycles. The number of hydrogen-bond acceptors (Lipinski definition) is 4. The summed E-state index contributed by atoms with van der Waals surface area (Å²) in [6.45, 7) is 0.924. The van der Waals surface area contributed by atoms with Gasteiger partial charge in [0.1, 0.15) is 6.10 Å². The molecule has 13 heavy (non-hydrogen) atoms. The van der Waals surface area contributed by atoms with Crippen LogP contribution in [0.5, 0.6) is 0 Å². The van der Waals surface area contributed by atoms with E-state index in [2.05, 4.69) is 5.32 Å². The minimum atomic E-state index is -0.436. The number of carbonyl (C=O) groups is 1. The van der Waals surface area contributed by atoms with E-state index in [-0.39, 0.29) is 12.2 Å². The SMILES string of the molecule is COCCNC(=O)OC1CC(O)C1.